The number of hydrogen-bond donors (Lipinski definition) is 2. The number of aliphatic imine (C=N–C) groups is 1. The van der Waals surface area contributed by atoms with Crippen LogP contribution in [-0.4, -0.2) is 54.4 Å². The first-order chi connectivity index (χ1) is 12.8. The van der Waals surface area contributed by atoms with Crippen LogP contribution < -0.4 is 10.6 Å². The number of aryl methyl sites for hydroxylation is 1. The Morgan fingerprint density at radius 3 is 2.92 bits per heavy atom. The van der Waals surface area contributed by atoms with Crippen LogP contribution in [0.25, 0.3) is 5.65 Å². The van der Waals surface area contributed by atoms with Gasteiger partial charge in [-0.15, -0.1) is 10.2 Å². The lowest BCUT2D eigenvalue weighted by Crippen LogP contribution is -2.47. The fourth-order valence-electron chi connectivity index (χ4n) is 3.52. The summed E-state index contributed by atoms with van der Waals surface area (Å²) in [7, 11) is 3.60. The van der Waals surface area contributed by atoms with Crippen LogP contribution in [0.1, 0.15) is 37.9 Å². The number of ether oxygens (including phenoxy) is 1. The van der Waals surface area contributed by atoms with E-state index in [4.69, 9.17) is 4.74 Å². The van der Waals surface area contributed by atoms with Gasteiger partial charge in [0, 0.05) is 46.5 Å². The number of hydrogen-bond acceptors (Lipinski definition) is 4. The minimum absolute atomic E-state index is 0.383. The van der Waals surface area contributed by atoms with E-state index in [1.54, 1.807) is 7.11 Å². The van der Waals surface area contributed by atoms with Gasteiger partial charge in [0.15, 0.2) is 11.6 Å². The minimum atomic E-state index is 0.383. The maximum Gasteiger partial charge on any atom is 0.190 e. The van der Waals surface area contributed by atoms with E-state index in [9.17, 15) is 0 Å². The van der Waals surface area contributed by atoms with Crippen molar-refractivity contribution in [2.24, 2.45) is 10.4 Å². The second-order valence-corrected chi connectivity index (χ2v) is 7.10. The molecule has 0 spiro atoms. The second-order valence-electron chi connectivity index (χ2n) is 7.10. The standard InChI is InChI=1S/C19H30N6O/c1-20-18(22-15-19(9-6-10-19)11-14-26-2)21-12-5-8-17-24-23-16-7-3-4-13-25(16)17/h3-4,7,13H,5-6,8-12,14-15H2,1-2H3,(H2,20,21,22). The van der Waals surface area contributed by atoms with Crippen LogP contribution in [0, 0.1) is 5.41 Å². The molecule has 1 saturated carbocycles. The molecule has 0 radical (unpaired) electrons. The smallest absolute Gasteiger partial charge is 0.190 e. The Balaban J connectivity index is 1.40. The molecule has 26 heavy (non-hydrogen) atoms. The predicted molar refractivity (Wildman–Crippen MR) is 103 cm³/mol. The third kappa shape index (κ3) is 4.52. The van der Waals surface area contributed by atoms with Crippen molar-refractivity contribution in [2.45, 2.75) is 38.5 Å². The van der Waals surface area contributed by atoms with Crippen LogP contribution in [0.2, 0.25) is 0 Å². The van der Waals surface area contributed by atoms with E-state index < -0.39 is 0 Å². The molecule has 1 fully saturated rings. The molecular weight excluding hydrogens is 328 g/mol. The van der Waals surface area contributed by atoms with Crippen molar-refractivity contribution in [3.63, 3.8) is 0 Å². The third-order valence-corrected chi connectivity index (χ3v) is 5.36. The van der Waals surface area contributed by atoms with Crippen molar-refractivity contribution < 1.29 is 4.74 Å². The quantitative estimate of drug-likeness (QED) is 0.408. The van der Waals surface area contributed by atoms with E-state index in [0.717, 1.165) is 56.4 Å². The number of aromatic nitrogens is 3. The molecule has 0 amide bonds. The van der Waals surface area contributed by atoms with Gasteiger partial charge in [-0.1, -0.05) is 12.5 Å². The van der Waals surface area contributed by atoms with Gasteiger partial charge in [-0.3, -0.25) is 9.39 Å². The highest BCUT2D eigenvalue weighted by molar-refractivity contribution is 5.79. The van der Waals surface area contributed by atoms with E-state index in [1.807, 2.05) is 35.8 Å². The van der Waals surface area contributed by atoms with Crippen LogP contribution in [0.15, 0.2) is 29.4 Å². The summed E-state index contributed by atoms with van der Waals surface area (Å²) in [6.07, 6.45) is 8.87. The summed E-state index contributed by atoms with van der Waals surface area (Å²) in [6, 6.07) is 5.96. The lowest BCUT2D eigenvalue weighted by atomic mass is 9.67. The van der Waals surface area contributed by atoms with Crippen molar-refractivity contribution in [1.82, 2.24) is 25.2 Å². The summed E-state index contributed by atoms with van der Waals surface area (Å²) in [6.45, 7) is 2.65. The Bertz CT molecular complexity index is 722. The summed E-state index contributed by atoms with van der Waals surface area (Å²) in [5.41, 5.74) is 1.28. The summed E-state index contributed by atoms with van der Waals surface area (Å²) in [5.74, 6) is 1.87. The Labute approximate surface area is 155 Å². The predicted octanol–water partition coefficient (Wildman–Crippen LogP) is 2.03. The molecule has 3 rings (SSSR count). The number of nitrogens with one attached hydrogen (secondary N) is 2. The zero-order chi connectivity index (χ0) is 18.2. The molecule has 7 nitrogen and oxygen atoms in total. The van der Waals surface area contributed by atoms with Gasteiger partial charge in [0.05, 0.1) is 0 Å². The first kappa shape index (κ1) is 18.6. The van der Waals surface area contributed by atoms with E-state index >= 15 is 0 Å². The summed E-state index contributed by atoms with van der Waals surface area (Å²) >= 11 is 0. The van der Waals surface area contributed by atoms with Crippen LogP contribution in [0.5, 0.6) is 0 Å². The summed E-state index contributed by atoms with van der Waals surface area (Å²) < 4.78 is 7.31. The molecule has 1 aliphatic carbocycles. The van der Waals surface area contributed by atoms with Crippen molar-refractivity contribution in [3.8, 4) is 0 Å². The van der Waals surface area contributed by atoms with Gasteiger partial charge in [-0.2, -0.15) is 0 Å². The largest absolute Gasteiger partial charge is 0.385 e. The maximum atomic E-state index is 5.27. The van der Waals surface area contributed by atoms with E-state index in [-0.39, 0.29) is 0 Å². The maximum absolute atomic E-state index is 5.27. The number of guanidine groups is 1. The zero-order valence-electron chi connectivity index (χ0n) is 15.9. The molecule has 2 aromatic heterocycles. The lowest BCUT2D eigenvalue weighted by molar-refractivity contribution is 0.0732. The first-order valence-electron chi connectivity index (χ1n) is 9.48. The van der Waals surface area contributed by atoms with Gasteiger partial charge in [0.2, 0.25) is 0 Å². The molecule has 142 valence electrons. The lowest BCUT2D eigenvalue weighted by Gasteiger charge is -2.42. The summed E-state index contributed by atoms with van der Waals surface area (Å²) in [4.78, 5) is 4.34. The molecule has 2 heterocycles. The molecule has 0 bridgehead atoms. The highest BCUT2D eigenvalue weighted by Gasteiger charge is 2.36. The molecule has 0 aromatic carbocycles. The Morgan fingerprint density at radius 2 is 2.19 bits per heavy atom. The number of rotatable bonds is 9. The van der Waals surface area contributed by atoms with Gasteiger partial charge in [-0.25, -0.2) is 0 Å². The van der Waals surface area contributed by atoms with Crippen LogP contribution >= 0.6 is 0 Å². The molecule has 0 atom stereocenters. The topological polar surface area (TPSA) is 75.8 Å². The molecule has 2 N–H and O–H groups in total. The monoisotopic (exact) mass is 358 g/mol. The number of methoxy groups -OCH3 is 1. The van der Waals surface area contributed by atoms with Crippen LogP contribution in [0.4, 0.5) is 0 Å². The molecule has 0 aliphatic heterocycles. The summed E-state index contributed by atoms with van der Waals surface area (Å²) in [5, 5.41) is 15.4. The van der Waals surface area contributed by atoms with Crippen LogP contribution in [0.3, 0.4) is 0 Å². The molecular formula is C19H30N6O. The zero-order valence-corrected chi connectivity index (χ0v) is 15.9. The van der Waals surface area contributed by atoms with Gasteiger partial charge in [0.1, 0.15) is 5.82 Å². The van der Waals surface area contributed by atoms with Gasteiger partial charge >= 0.3 is 0 Å². The Kier molecular flexibility index (Phi) is 6.44. The van der Waals surface area contributed by atoms with Crippen molar-refractivity contribution in [3.05, 3.63) is 30.2 Å². The van der Waals surface area contributed by atoms with E-state index in [0.29, 0.717) is 5.41 Å². The third-order valence-electron chi connectivity index (χ3n) is 5.36. The fourth-order valence-corrected chi connectivity index (χ4v) is 3.52. The second kappa shape index (κ2) is 8.98. The average Bonchev–Trinajstić information content (AvgIpc) is 3.05. The fraction of sp³-hybridized carbons (Fsp3) is 0.632. The molecule has 0 unspecified atom stereocenters. The molecule has 1 aliphatic rings. The number of pyridine rings is 1. The first-order valence-corrected chi connectivity index (χ1v) is 9.48. The highest BCUT2D eigenvalue weighted by atomic mass is 16.5. The average molecular weight is 358 g/mol. The van der Waals surface area contributed by atoms with Gasteiger partial charge < -0.3 is 15.4 Å². The molecule has 2 aromatic rings. The van der Waals surface area contributed by atoms with Crippen molar-refractivity contribution >= 4 is 11.6 Å². The molecule has 0 saturated heterocycles. The molecule has 7 heteroatoms. The highest BCUT2D eigenvalue weighted by Crippen LogP contribution is 2.43. The minimum Gasteiger partial charge on any atom is -0.385 e. The Hall–Kier alpha value is -2.15. The Morgan fingerprint density at radius 1 is 1.31 bits per heavy atom. The normalized spacial score (nSPS) is 16.5. The van der Waals surface area contributed by atoms with Gasteiger partial charge in [0.25, 0.3) is 0 Å². The van der Waals surface area contributed by atoms with E-state index in [2.05, 4.69) is 25.8 Å². The van der Waals surface area contributed by atoms with Crippen molar-refractivity contribution in [2.75, 3.05) is 33.9 Å². The number of nitrogens with zero attached hydrogens (tertiary/aromatic N) is 4. The van der Waals surface area contributed by atoms with Crippen molar-refractivity contribution in [1.29, 1.82) is 0 Å². The van der Waals surface area contributed by atoms with E-state index in [1.165, 1.54) is 19.3 Å². The van der Waals surface area contributed by atoms with Crippen LogP contribution in [-0.2, 0) is 11.2 Å². The number of fused-ring (bicyclic) bond motifs is 1. The SMILES string of the molecule is CN=C(NCCCc1nnc2ccccn12)NCC1(CCOC)CCC1. The van der Waals surface area contributed by atoms with Gasteiger partial charge in [-0.05, 0) is 43.2 Å².